The second-order valence-electron chi connectivity index (χ2n) is 8.47. The summed E-state index contributed by atoms with van der Waals surface area (Å²) in [6.45, 7) is 7.45. The summed E-state index contributed by atoms with van der Waals surface area (Å²) < 4.78 is 13.1. The highest BCUT2D eigenvalue weighted by Gasteiger charge is 2.23. The molecule has 2 heterocycles. The molecule has 0 aromatic heterocycles. The number of anilines is 1. The van der Waals surface area contributed by atoms with Gasteiger partial charge in [-0.05, 0) is 83.2 Å². The maximum Gasteiger partial charge on any atom is 0.223 e. The highest BCUT2D eigenvalue weighted by atomic mass is 19.1. The SMILES string of the molecule is CN(C)CCC1CCN(CCC(=O)N2CCN(c3ccc(F)cc3)CC2)CC1. The molecule has 2 fully saturated rings. The quantitative estimate of drug-likeness (QED) is 0.716. The molecule has 0 atom stereocenters. The highest BCUT2D eigenvalue weighted by molar-refractivity contribution is 5.76. The number of benzene rings is 1. The van der Waals surface area contributed by atoms with Crippen molar-refractivity contribution in [3.05, 3.63) is 30.1 Å². The van der Waals surface area contributed by atoms with Crippen LogP contribution in [-0.4, -0.2) is 87.1 Å². The lowest BCUT2D eigenvalue weighted by molar-refractivity contribution is -0.131. The van der Waals surface area contributed by atoms with E-state index >= 15 is 0 Å². The Kier molecular flexibility index (Phi) is 7.68. The van der Waals surface area contributed by atoms with Crippen LogP contribution in [0, 0.1) is 11.7 Å². The summed E-state index contributed by atoms with van der Waals surface area (Å²) >= 11 is 0. The summed E-state index contributed by atoms with van der Waals surface area (Å²) in [6, 6.07) is 6.62. The number of hydrogen-bond donors (Lipinski definition) is 0. The third kappa shape index (κ3) is 6.17. The van der Waals surface area contributed by atoms with Gasteiger partial charge in [0.2, 0.25) is 5.91 Å². The molecule has 6 heteroatoms. The molecule has 2 saturated heterocycles. The summed E-state index contributed by atoms with van der Waals surface area (Å²) in [5, 5.41) is 0. The number of piperidine rings is 1. The first kappa shape index (κ1) is 21.1. The number of halogens is 1. The maximum atomic E-state index is 13.1. The molecule has 2 aliphatic heterocycles. The predicted octanol–water partition coefficient (Wildman–Crippen LogP) is 2.53. The van der Waals surface area contributed by atoms with Gasteiger partial charge in [0, 0.05) is 44.8 Å². The van der Waals surface area contributed by atoms with Crippen molar-refractivity contribution in [3.8, 4) is 0 Å². The summed E-state index contributed by atoms with van der Waals surface area (Å²) in [5.74, 6) is 0.904. The first-order chi connectivity index (χ1) is 13.5. The lowest BCUT2D eigenvalue weighted by Gasteiger charge is -2.37. The number of rotatable bonds is 7. The van der Waals surface area contributed by atoms with E-state index < -0.39 is 0 Å². The predicted molar refractivity (Wildman–Crippen MR) is 112 cm³/mol. The molecule has 0 N–H and O–H groups in total. The van der Waals surface area contributed by atoms with E-state index in [0.29, 0.717) is 6.42 Å². The zero-order valence-electron chi connectivity index (χ0n) is 17.4. The molecule has 1 amide bonds. The van der Waals surface area contributed by atoms with Crippen molar-refractivity contribution in [2.24, 2.45) is 5.92 Å². The smallest absolute Gasteiger partial charge is 0.223 e. The molecule has 0 spiro atoms. The third-order valence-electron chi connectivity index (χ3n) is 6.16. The number of amides is 1. The largest absolute Gasteiger partial charge is 0.368 e. The van der Waals surface area contributed by atoms with Gasteiger partial charge in [-0.25, -0.2) is 4.39 Å². The lowest BCUT2D eigenvalue weighted by atomic mass is 9.93. The Balaban J connectivity index is 1.33. The first-order valence-electron chi connectivity index (χ1n) is 10.7. The molecular formula is C22H35FN4O. The van der Waals surface area contributed by atoms with Crippen molar-refractivity contribution in [3.63, 3.8) is 0 Å². The van der Waals surface area contributed by atoms with E-state index in [-0.39, 0.29) is 11.7 Å². The molecule has 1 aromatic carbocycles. The zero-order chi connectivity index (χ0) is 19.9. The molecule has 0 unspecified atom stereocenters. The monoisotopic (exact) mass is 390 g/mol. The van der Waals surface area contributed by atoms with Crippen molar-refractivity contribution in [1.29, 1.82) is 0 Å². The van der Waals surface area contributed by atoms with Gasteiger partial charge in [-0.15, -0.1) is 0 Å². The minimum Gasteiger partial charge on any atom is -0.368 e. The van der Waals surface area contributed by atoms with Gasteiger partial charge in [-0.3, -0.25) is 4.79 Å². The van der Waals surface area contributed by atoms with Crippen molar-refractivity contribution >= 4 is 11.6 Å². The van der Waals surface area contributed by atoms with Crippen molar-refractivity contribution in [2.45, 2.75) is 25.7 Å². The van der Waals surface area contributed by atoms with Crippen LogP contribution < -0.4 is 4.90 Å². The average molecular weight is 391 g/mol. The van der Waals surface area contributed by atoms with Crippen LogP contribution in [0.3, 0.4) is 0 Å². The Bertz CT molecular complexity index is 605. The minimum atomic E-state index is -0.209. The maximum absolute atomic E-state index is 13.1. The van der Waals surface area contributed by atoms with Crippen LogP contribution >= 0.6 is 0 Å². The topological polar surface area (TPSA) is 30.0 Å². The Morgan fingerprint density at radius 1 is 1.04 bits per heavy atom. The van der Waals surface area contributed by atoms with E-state index in [4.69, 9.17) is 0 Å². The Hall–Kier alpha value is -1.66. The third-order valence-corrected chi connectivity index (χ3v) is 6.16. The number of nitrogens with zero attached hydrogens (tertiary/aromatic N) is 4. The van der Waals surface area contributed by atoms with Crippen LogP contribution in [-0.2, 0) is 4.79 Å². The molecule has 5 nitrogen and oxygen atoms in total. The summed E-state index contributed by atoms with van der Waals surface area (Å²) in [6.07, 6.45) is 4.44. The fourth-order valence-corrected chi connectivity index (χ4v) is 4.22. The Morgan fingerprint density at radius 3 is 2.29 bits per heavy atom. The summed E-state index contributed by atoms with van der Waals surface area (Å²) in [7, 11) is 4.28. The fraction of sp³-hybridized carbons (Fsp3) is 0.682. The van der Waals surface area contributed by atoms with E-state index in [1.807, 2.05) is 17.0 Å². The van der Waals surface area contributed by atoms with Gasteiger partial charge >= 0.3 is 0 Å². The number of piperazine rings is 1. The summed E-state index contributed by atoms with van der Waals surface area (Å²) in [5.41, 5.74) is 1.03. The van der Waals surface area contributed by atoms with E-state index in [0.717, 1.165) is 57.4 Å². The number of likely N-dealkylation sites (tertiary alicyclic amines) is 1. The lowest BCUT2D eigenvalue weighted by Crippen LogP contribution is -2.49. The first-order valence-corrected chi connectivity index (χ1v) is 10.7. The highest BCUT2D eigenvalue weighted by Crippen LogP contribution is 2.21. The number of carbonyl (C=O) groups excluding carboxylic acids is 1. The van der Waals surface area contributed by atoms with E-state index in [1.165, 1.54) is 37.9 Å². The van der Waals surface area contributed by atoms with E-state index in [9.17, 15) is 9.18 Å². The average Bonchev–Trinajstić information content (AvgIpc) is 2.72. The van der Waals surface area contributed by atoms with Crippen molar-refractivity contribution in [2.75, 3.05) is 71.4 Å². The Labute approximate surface area is 169 Å². The molecule has 3 rings (SSSR count). The second kappa shape index (κ2) is 10.2. The standard InChI is InChI=1S/C22H35FN4O/c1-24(2)11-7-19-8-12-25(13-9-19)14-10-22(28)27-17-15-26(16-18-27)21-5-3-20(23)4-6-21/h3-6,19H,7-18H2,1-2H3. The van der Waals surface area contributed by atoms with Gasteiger partial charge in [0.05, 0.1) is 0 Å². The van der Waals surface area contributed by atoms with Gasteiger partial charge in [-0.1, -0.05) is 0 Å². The zero-order valence-corrected chi connectivity index (χ0v) is 17.4. The van der Waals surface area contributed by atoms with Crippen LogP contribution in [0.4, 0.5) is 10.1 Å². The van der Waals surface area contributed by atoms with Gasteiger partial charge in [0.15, 0.2) is 0 Å². The van der Waals surface area contributed by atoms with Gasteiger partial charge in [-0.2, -0.15) is 0 Å². The molecule has 0 bridgehead atoms. The van der Waals surface area contributed by atoms with Crippen LogP contribution in [0.15, 0.2) is 24.3 Å². The van der Waals surface area contributed by atoms with Crippen molar-refractivity contribution < 1.29 is 9.18 Å². The fourth-order valence-electron chi connectivity index (χ4n) is 4.22. The Morgan fingerprint density at radius 2 is 1.68 bits per heavy atom. The van der Waals surface area contributed by atoms with Gasteiger partial charge < -0.3 is 19.6 Å². The molecule has 0 saturated carbocycles. The van der Waals surface area contributed by atoms with Crippen LogP contribution in [0.1, 0.15) is 25.7 Å². The summed E-state index contributed by atoms with van der Waals surface area (Å²) in [4.78, 5) is 21.5. The minimum absolute atomic E-state index is 0.209. The molecule has 28 heavy (non-hydrogen) atoms. The van der Waals surface area contributed by atoms with Gasteiger partial charge in [0.25, 0.3) is 0 Å². The van der Waals surface area contributed by atoms with Crippen LogP contribution in [0.5, 0.6) is 0 Å². The molecule has 1 aromatic rings. The number of carbonyl (C=O) groups is 1. The molecule has 2 aliphatic rings. The number of hydrogen-bond acceptors (Lipinski definition) is 4. The van der Waals surface area contributed by atoms with Crippen molar-refractivity contribution in [1.82, 2.24) is 14.7 Å². The molecule has 156 valence electrons. The van der Waals surface area contributed by atoms with E-state index in [2.05, 4.69) is 28.8 Å². The molecular weight excluding hydrogens is 355 g/mol. The van der Waals surface area contributed by atoms with Crippen LogP contribution in [0.25, 0.3) is 0 Å². The molecule has 0 aliphatic carbocycles. The molecule has 0 radical (unpaired) electrons. The second-order valence-corrected chi connectivity index (χ2v) is 8.47. The normalized spacial score (nSPS) is 19.4. The van der Waals surface area contributed by atoms with Gasteiger partial charge in [0.1, 0.15) is 5.82 Å². The van der Waals surface area contributed by atoms with Crippen LogP contribution in [0.2, 0.25) is 0 Å². The van der Waals surface area contributed by atoms with E-state index in [1.54, 1.807) is 0 Å².